The molecular weight excluding hydrogens is 356 g/mol. The highest BCUT2D eigenvalue weighted by molar-refractivity contribution is 14.1. The lowest BCUT2D eigenvalue weighted by Gasteiger charge is -2.09. The normalized spacial score (nSPS) is 10.5. The van der Waals surface area contributed by atoms with Crippen molar-refractivity contribution in [2.45, 2.75) is 6.92 Å². The number of hydrogen-bond acceptors (Lipinski definition) is 1. The van der Waals surface area contributed by atoms with Gasteiger partial charge in [0.15, 0.2) is 0 Å². The number of aromatic nitrogens is 1. The van der Waals surface area contributed by atoms with Crippen molar-refractivity contribution in [3.63, 3.8) is 0 Å². The summed E-state index contributed by atoms with van der Waals surface area (Å²) in [6.07, 6.45) is 1.81. The molecule has 0 aliphatic rings. The molecule has 0 radical (unpaired) electrons. The van der Waals surface area contributed by atoms with Crippen LogP contribution in [0, 0.1) is 10.5 Å². The average Bonchev–Trinajstić information content (AvgIpc) is 2.20. The first kappa shape index (κ1) is 12.1. The molecule has 0 saturated heterocycles. The first-order valence-electron chi connectivity index (χ1n) is 4.66. The minimum Gasteiger partial charge on any atom is -0.255 e. The highest BCUT2D eigenvalue weighted by Crippen LogP contribution is 2.35. The van der Waals surface area contributed by atoms with Gasteiger partial charge >= 0.3 is 0 Å². The van der Waals surface area contributed by atoms with Crippen molar-refractivity contribution in [3.8, 4) is 11.3 Å². The van der Waals surface area contributed by atoms with Gasteiger partial charge in [0.25, 0.3) is 0 Å². The Morgan fingerprint density at radius 3 is 2.38 bits per heavy atom. The Morgan fingerprint density at radius 2 is 1.81 bits per heavy atom. The Balaban J connectivity index is 2.68. The summed E-state index contributed by atoms with van der Waals surface area (Å²) in [5, 5.41) is 1.26. The van der Waals surface area contributed by atoms with Crippen molar-refractivity contribution in [2.75, 3.05) is 0 Å². The number of pyridine rings is 1. The van der Waals surface area contributed by atoms with Crippen LogP contribution in [-0.4, -0.2) is 4.98 Å². The molecule has 2 rings (SSSR count). The quantitative estimate of drug-likeness (QED) is 0.652. The zero-order valence-corrected chi connectivity index (χ0v) is 12.1. The SMILES string of the molecule is Cc1cc(I)cnc1-c1c(Cl)cccc1Cl. The number of aryl methyl sites for hydroxylation is 1. The lowest BCUT2D eigenvalue weighted by atomic mass is 10.1. The summed E-state index contributed by atoms with van der Waals surface area (Å²) in [6, 6.07) is 7.53. The highest BCUT2D eigenvalue weighted by Gasteiger charge is 2.11. The number of hydrogen-bond donors (Lipinski definition) is 0. The molecule has 0 spiro atoms. The zero-order valence-electron chi connectivity index (χ0n) is 8.47. The van der Waals surface area contributed by atoms with Gasteiger partial charge in [0.1, 0.15) is 0 Å². The van der Waals surface area contributed by atoms with Crippen LogP contribution in [0.2, 0.25) is 10.0 Å². The van der Waals surface area contributed by atoms with Gasteiger partial charge in [-0.2, -0.15) is 0 Å². The van der Waals surface area contributed by atoms with Gasteiger partial charge in [0.2, 0.25) is 0 Å². The molecule has 0 saturated carbocycles. The zero-order chi connectivity index (χ0) is 11.7. The number of rotatable bonds is 1. The van der Waals surface area contributed by atoms with Crippen LogP contribution in [0.1, 0.15) is 5.56 Å². The third kappa shape index (κ3) is 2.34. The average molecular weight is 364 g/mol. The molecule has 0 aliphatic heterocycles. The molecule has 0 bridgehead atoms. The Hall–Kier alpha value is -0.320. The van der Waals surface area contributed by atoms with Crippen LogP contribution in [0.25, 0.3) is 11.3 Å². The van der Waals surface area contributed by atoms with Crippen LogP contribution in [0.15, 0.2) is 30.5 Å². The van der Waals surface area contributed by atoms with E-state index in [-0.39, 0.29) is 0 Å². The Kier molecular flexibility index (Phi) is 3.72. The lowest BCUT2D eigenvalue weighted by Crippen LogP contribution is -1.91. The van der Waals surface area contributed by atoms with Gasteiger partial charge < -0.3 is 0 Å². The fourth-order valence-electron chi connectivity index (χ4n) is 1.53. The second-order valence-corrected chi connectivity index (χ2v) is 5.48. The fraction of sp³-hybridized carbons (Fsp3) is 0.0833. The van der Waals surface area contributed by atoms with Crippen molar-refractivity contribution < 1.29 is 0 Å². The Bertz CT molecular complexity index is 520. The summed E-state index contributed by atoms with van der Waals surface area (Å²) < 4.78 is 1.10. The molecule has 0 fully saturated rings. The first-order chi connectivity index (χ1) is 7.59. The standard InChI is InChI=1S/C12H8Cl2IN/c1-7-5-8(15)6-16-12(7)11-9(13)3-2-4-10(11)14/h2-6H,1H3. The fourth-order valence-corrected chi connectivity index (χ4v) is 2.71. The van der Waals surface area contributed by atoms with E-state index in [2.05, 4.69) is 33.6 Å². The second-order valence-electron chi connectivity index (χ2n) is 3.42. The van der Waals surface area contributed by atoms with E-state index in [1.54, 1.807) is 0 Å². The minimum absolute atomic E-state index is 0.629. The van der Waals surface area contributed by atoms with E-state index in [0.717, 1.165) is 20.4 Å². The predicted molar refractivity (Wildman–Crippen MR) is 77.1 cm³/mol. The first-order valence-corrected chi connectivity index (χ1v) is 6.49. The van der Waals surface area contributed by atoms with E-state index in [4.69, 9.17) is 23.2 Å². The molecule has 82 valence electrons. The van der Waals surface area contributed by atoms with Crippen LogP contribution in [0.4, 0.5) is 0 Å². The van der Waals surface area contributed by atoms with Crippen molar-refractivity contribution in [2.24, 2.45) is 0 Å². The summed E-state index contributed by atoms with van der Waals surface area (Å²) in [5.74, 6) is 0. The van der Waals surface area contributed by atoms with Crippen LogP contribution in [0.5, 0.6) is 0 Å². The van der Waals surface area contributed by atoms with E-state index in [1.165, 1.54) is 0 Å². The summed E-state index contributed by atoms with van der Waals surface area (Å²) in [4.78, 5) is 4.39. The molecule has 1 nitrogen and oxygen atoms in total. The largest absolute Gasteiger partial charge is 0.255 e. The maximum absolute atomic E-state index is 6.15. The third-order valence-electron chi connectivity index (χ3n) is 2.24. The van der Waals surface area contributed by atoms with Gasteiger partial charge in [-0.3, -0.25) is 4.98 Å². The van der Waals surface area contributed by atoms with Gasteiger partial charge in [-0.1, -0.05) is 29.3 Å². The van der Waals surface area contributed by atoms with E-state index >= 15 is 0 Å². The second kappa shape index (κ2) is 4.90. The van der Waals surface area contributed by atoms with Crippen LogP contribution in [0.3, 0.4) is 0 Å². The molecule has 0 aliphatic carbocycles. The van der Waals surface area contributed by atoms with E-state index in [0.29, 0.717) is 10.0 Å². The molecule has 0 N–H and O–H groups in total. The number of halogens is 3. The minimum atomic E-state index is 0.629. The lowest BCUT2D eigenvalue weighted by molar-refractivity contribution is 1.25. The molecule has 1 heterocycles. The maximum atomic E-state index is 6.15. The van der Waals surface area contributed by atoms with Gasteiger partial charge in [0, 0.05) is 15.3 Å². The Labute approximate surface area is 118 Å². The topological polar surface area (TPSA) is 12.9 Å². The molecule has 0 unspecified atom stereocenters. The summed E-state index contributed by atoms with van der Waals surface area (Å²) in [7, 11) is 0. The molecule has 4 heteroatoms. The van der Waals surface area contributed by atoms with E-state index < -0.39 is 0 Å². The summed E-state index contributed by atoms with van der Waals surface area (Å²) >= 11 is 14.5. The molecule has 1 aromatic heterocycles. The van der Waals surface area contributed by atoms with Gasteiger partial charge in [-0.05, 0) is 53.3 Å². The highest BCUT2D eigenvalue weighted by atomic mass is 127. The summed E-state index contributed by atoms with van der Waals surface area (Å²) in [6.45, 7) is 2.00. The van der Waals surface area contributed by atoms with E-state index in [1.807, 2.05) is 31.3 Å². The van der Waals surface area contributed by atoms with Gasteiger partial charge in [-0.15, -0.1) is 0 Å². The van der Waals surface area contributed by atoms with Crippen LogP contribution < -0.4 is 0 Å². The molecular formula is C12H8Cl2IN. The van der Waals surface area contributed by atoms with Crippen molar-refractivity contribution in [3.05, 3.63) is 49.6 Å². The maximum Gasteiger partial charge on any atom is 0.0761 e. The number of benzene rings is 1. The summed E-state index contributed by atoms with van der Waals surface area (Å²) in [5.41, 5.74) is 2.72. The van der Waals surface area contributed by atoms with Crippen molar-refractivity contribution in [1.82, 2.24) is 4.98 Å². The molecule has 1 aromatic carbocycles. The van der Waals surface area contributed by atoms with Crippen LogP contribution in [-0.2, 0) is 0 Å². The Morgan fingerprint density at radius 1 is 1.19 bits per heavy atom. The molecule has 16 heavy (non-hydrogen) atoms. The van der Waals surface area contributed by atoms with E-state index in [9.17, 15) is 0 Å². The van der Waals surface area contributed by atoms with Gasteiger partial charge in [-0.25, -0.2) is 0 Å². The molecule has 0 atom stereocenters. The van der Waals surface area contributed by atoms with Gasteiger partial charge in [0.05, 0.1) is 15.7 Å². The van der Waals surface area contributed by atoms with Crippen molar-refractivity contribution >= 4 is 45.8 Å². The van der Waals surface area contributed by atoms with Crippen LogP contribution >= 0.6 is 45.8 Å². The third-order valence-corrected chi connectivity index (χ3v) is 3.46. The molecule has 0 amide bonds. The predicted octanol–water partition coefficient (Wildman–Crippen LogP) is 4.97. The smallest absolute Gasteiger partial charge is 0.0761 e. The monoisotopic (exact) mass is 363 g/mol. The molecule has 2 aromatic rings. The van der Waals surface area contributed by atoms with Crippen molar-refractivity contribution in [1.29, 1.82) is 0 Å². The number of nitrogens with zero attached hydrogens (tertiary/aromatic N) is 1.